The lowest BCUT2D eigenvalue weighted by Gasteiger charge is -2.21. The second-order valence-corrected chi connectivity index (χ2v) is 9.88. The molecule has 3 nitrogen and oxygen atoms in total. The number of aromatic nitrogens is 3. The molecule has 160 valence electrons. The number of hydrogen-bond donors (Lipinski definition) is 0. The van der Waals surface area contributed by atoms with Gasteiger partial charge < -0.3 is 0 Å². The molecule has 0 aliphatic rings. The first-order valence-electron chi connectivity index (χ1n) is 11.3. The summed E-state index contributed by atoms with van der Waals surface area (Å²) >= 11 is 0. The number of nitrogens with zero attached hydrogens (tertiary/aromatic N) is 3. The summed E-state index contributed by atoms with van der Waals surface area (Å²) in [6.07, 6.45) is 4.48. The molecule has 0 aliphatic carbocycles. The van der Waals surface area contributed by atoms with E-state index < -0.39 is 0 Å². The minimum absolute atomic E-state index is 0.0318. The molecule has 0 bridgehead atoms. The van der Waals surface area contributed by atoms with Gasteiger partial charge in [0.05, 0.1) is 10.9 Å². The first-order valence-corrected chi connectivity index (χ1v) is 11.3. The van der Waals surface area contributed by atoms with Crippen molar-refractivity contribution >= 4 is 21.7 Å². The van der Waals surface area contributed by atoms with Gasteiger partial charge in [-0.2, -0.15) is 4.57 Å². The van der Waals surface area contributed by atoms with E-state index in [2.05, 4.69) is 135 Å². The van der Waals surface area contributed by atoms with Crippen molar-refractivity contribution in [3.05, 3.63) is 95.9 Å². The Hall–Kier alpha value is -3.46. The van der Waals surface area contributed by atoms with Gasteiger partial charge in [0.1, 0.15) is 11.2 Å². The molecule has 2 aromatic heterocycles. The average Bonchev–Trinajstić information content (AvgIpc) is 3.08. The van der Waals surface area contributed by atoms with E-state index in [0.29, 0.717) is 0 Å². The fraction of sp³-hybridized carbons (Fsp3) is 0.241. The van der Waals surface area contributed by atoms with Gasteiger partial charge in [-0.3, -0.25) is 0 Å². The summed E-state index contributed by atoms with van der Waals surface area (Å²) in [6, 6.07) is 24.2. The molecule has 0 N–H and O–H groups in total. The van der Waals surface area contributed by atoms with Crippen molar-refractivity contribution in [1.29, 1.82) is 0 Å². The van der Waals surface area contributed by atoms with Gasteiger partial charge in [-0.05, 0) is 47.6 Å². The van der Waals surface area contributed by atoms with Gasteiger partial charge in [0.15, 0.2) is 18.9 Å². The summed E-state index contributed by atoms with van der Waals surface area (Å²) < 4.78 is 6.88. The highest BCUT2D eigenvalue weighted by Gasteiger charge is 2.27. The van der Waals surface area contributed by atoms with Crippen LogP contribution in [-0.2, 0) is 12.5 Å². The fourth-order valence-electron chi connectivity index (χ4n) is 4.66. The number of benzene rings is 3. The first kappa shape index (κ1) is 20.4. The van der Waals surface area contributed by atoms with Gasteiger partial charge in [0.25, 0.3) is 0 Å². The fourth-order valence-corrected chi connectivity index (χ4v) is 4.66. The maximum atomic E-state index is 2.37. The second kappa shape index (κ2) is 7.30. The molecule has 0 radical (unpaired) electrons. The van der Waals surface area contributed by atoms with Crippen LogP contribution in [0.25, 0.3) is 33.1 Å². The van der Waals surface area contributed by atoms with Gasteiger partial charge in [0.2, 0.25) is 11.9 Å². The van der Waals surface area contributed by atoms with Crippen LogP contribution in [0.3, 0.4) is 0 Å². The minimum Gasteiger partial charge on any atom is -0.164 e. The Kier molecular flexibility index (Phi) is 4.67. The third-order valence-corrected chi connectivity index (χ3v) is 6.52. The smallest absolute Gasteiger partial charge is 0.164 e. The van der Waals surface area contributed by atoms with Gasteiger partial charge in [-0.25, -0.2) is 0 Å². The molecule has 2 heterocycles. The van der Waals surface area contributed by atoms with Crippen LogP contribution in [-0.4, -0.2) is 4.68 Å². The van der Waals surface area contributed by atoms with Crippen molar-refractivity contribution in [1.82, 2.24) is 4.68 Å². The summed E-state index contributed by atoms with van der Waals surface area (Å²) in [7, 11) is 2.12. The highest BCUT2D eigenvalue weighted by atomic mass is 15.4. The van der Waals surface area contributed by atoms with Crippen molar-refractivity contribution in [2.45, 2.75) is 40.0 Å². The average molecular weight is 422 g/mol. The van der Waals surface area contributed by atoms with Crippen LogP contribution >= 0.6 is 0 Å². The third-order valence-electron chi connectivity index (χ3n) is 6.52. The molecule has 0 fully saturated rings. The Morgan fingerprint density at radius 2 is 1.41 bits per heavy atom. The lowest BCUT2D eigenvalue weighted by molar-refractivity contribution is -0.742. The lowest BCUT2D eigenvalue weighted by Crippen LogP contribution is -2.39. The molecule has 0 saturated heterocycles. The summed E-state index contributed by atoms with van der Waals surface area (Å²) in [6.45, 7) is 11.3. The van der Waals surface area contributed by atoms with Crippen molar-refractivity contribution < 1.29 is 9.25 Å². The summed E-state index contributed by atoms with van der Waals surface area (Å²) in [4.78, 5) is 0. The molecule has 0 saturated carbocycles. The van der Waals surface area contributed by atoms with Crippen LogP contribution in [0.1, 0.15) is 37.6 Å². The quantitative estimate of drug-likeness (QED) is 0.320. The van der Waals surface area contributed by atoms with Crippen molar-refractivity contribution in [3.8, 4) is 11.4 Å². The van der Waals surface area contributed by atoms with E-state index >= 15 is 0 Å². The highest BCUT2D eigenvalue weighted by molar-refractivity contribution is 5.81. The Bertz CT molecular complexity index is 1480. The molecule has 3 aromatic carbocycles. The SMILES string of the molecule is Cc1c(-n2c3ccccc3c[n+]2C)cc(C(C)(C)C)cc1-[n+]1cc2ccccc2cc1C. The van der Waals surface area contributed by atoms with Gasteiger partial charge in [-0.1, -0.05) is 51.1 Å². The number of para-hydroxylation sites is 1. The van der Waals surface area contributed by atoms with Crippen LogP contribution in [0.2, 0.25) is 0 Å². The predicted molar refractivity (Wildman–Crippen MR) is 132 cm³/mol. The number of rotatable bonds is 2. The van der Waals surface area contributed by atoms with E-state index in [9.17, 15) is 0 Å². The van der Waals surface area contributed by atoms with Crippen LogP contribution in [0.5, 0.6) is 0 Å². The molecule has 0 amide bonds. The topological polar surface area (TPSA) is 12.7 Å². The zero-order valence-corrected chi connectivity index (χ0v) is 19.8. The summed E-state index contributed by atoms with van der Waals surface area (Å²) in [5.74, 6) is 0. The molecular weight excluding hydrogens is 390 g/mol. The van der Waals surface area contributed by atoms with E-state index in [4.69, 9.17) is 0 Å². The first-order chi connectivity index (χ1) is 15.2. The maximum Gasteiger partial charge on any atom is 0.216 e. The summed E-state index contributed by atoms with van der Waals surface area (Å²) in [5, 5.41) is 3.76. The van der Waals surface area contributed by atoms with E-state index in [0.717, 1.165) is 0 Å². The van der Waals surface area contributed by atoms with E-state index in [-0.39, 0.29) is 5.41 Å². The molecule has 0 unspecified atom stereocenters. The van der Waals surface area contributed by atoms with Gasteiger partial charge in [0, 0.05) is 24.4 Å². The highest BCUT2D eigenvalue weighted by Crippen LogP contribution is 2.31. The third kappa shape index (κ3) is 3.29. The summed E-state index contributed by atoms with van der Waals surface area (Å²) in [5.41, 5.74) is 7.51. The number of aryl methyl sites for hydroxylation is 2. The van der Waals surface area contributed by atoms with Crippen molar-refractivity contribution in [3.63, 3.8) is 0 Å². The van der Waals surface area contributed by atoms with Crippen molar-refractivity contribution in [2.75, 3.05) is 0 Å². The zero-order chi connectivity index (χ0) is 22.6. The molecular formula is C29H31N3+2. The molecule has 5 rings (SSSR count). The Morgan fingerprint density at radius 1 is 0.750 bits per heavy atom. The van der Waals surface area contributed by atoms with Crippen LogP contribution < -0.4 is 9.25 Å². The van der Waals surface area contributed by atoms with Crippen LogP contribution in [0.4, 0.5) is 0 Å². The van der Waals surface area contributed by atoms with Crippen molar-refractivity contribution in [2.24, 2.45) is 7.05 Å². The van der Waals surface area contributed by atoms with E-state index in [1.807, 2.05) is 0 Å². The minimum atomic E-state index is 0.0318. The largest absolute Gasteiger partial charge is 0.216 e. The number of hydrogen-bond acceptors (Lipinski definition) is 0. The number of pyridine rings is 1. The molecule has 0 aliphatic heterocycles. The number of fused-ring (bicyclic) bond motifs is 2. The van der Waals surface area contributed by atoms with E-state index in [1.54, 1.807) is 0 Å². The maximum absolute atomic E-state index is 2.37. The second-order valence-electron chi connectivity index (χ2n) is 9.88. The molecule has 0 atom stereocenters. The van der Waals surface area contributed by atoms with E-state index in [1.165, 1.54) is 49.9 Å². The molecule has 5 aromatic rings. The molecule has 0 spiro atoms. The van der Waals surface area contributed by atoms with Crippen LogP contribution in [0, 0.1) is 13.8 Å². The standard InChI is InChI=1S/C29H31N3/c1-20-15-22-11-7-8-12-23(22)19-31(20)27-16-25(29(3,4)5)17-28(21(27)2)32-26-14-10-9-13-24(26)18-30(32)6/h7-19H,1-6H3/q+2. The Morgan fingerprint density at radius 3 is 2.12 bits per heavy atom. The Balaban J connectivity index is 1.86. The zero-order valence-electron chi connectivity index (χ0n) is 19.8. The lowest BCUT2D eigenvalue weighted by atomic mass is 9.85. The monoisotopic (exact) mass is 421 g/mol. The normalized spacial score (nSPS) is 12.1. The Labute approximate surface area is 190 Å². The van der Waals surface area contributed by atoms with Gasteiger partial charge >= 0.3 is 0 Å². The van der Waals surface area contributed by atoms with Crippen LogP contribution in [0.15, 0.2) is 79.1 Å². The predicted octanol–water partition coefficient (Wildman–Crippen LogP) is 5.80. The van der Waals surface area contributed by atoms with Gasteiger partial charge in [-0.15, -0.1) is 9.36 Å². The molecule has 3 heteroatoms. The molecule has 32 heavy (non-hydrogen) atoms.